The van der Waals surface area contributed by atoms with Gasteiger partial charge in [0.05, 0.1) is 5.41 Å². The molecule has 8 nitrogen and oxygen atoms in total. The number of carbonyl (C=O) groups excluding carboxylic acids is 5. The molecule has 4 saturated carbocycles. The summed E-state index contributed by atoms with van der Waals surface area (Å²) in [7, 11) is 0. The molecule has 0 bridgehead atoms. The fourth-order valence-electron chi connectivity index (χ4n) is 12.1. The normalized spacial score (nSPS) is 39.3. The van der Waals surface area contributed by atoms with Gasteiger partial charge in [0.1, 0.15) is 18.2 Å². The van der Waals surface area contributed by atoms with E-state index in [1.807, 2.05) is 13.8 Å². The Balaban J connectivity index is 1.49. The number of nitrogens with one attached hydrogen (secondary N) is 1. The highest BCUT2D eigenvalue weighted by molar-refractivity contribution is 6.40. The van der Waals surface area contributed by atoms with Crippen molar-refractivity contribution in [3.05, 3.63) is 11.1 Å². The predicted molar refractivity (Wildman–Crippen MR) is 179 cm³/mol. The monoisotopic (exact) mass is 653 g/mol. The lowest BCUT2D eigenvalue weighted by atomic mass is 9.33. The maximum atomic E-state index is 14.3. The first-order valence-electron chi connectivity index (χ1n) is 18.0. The van der Waals surface area contributed by atoms with E-state index in [-0.39, 0.29) is 57.8 Å². The number of fused-ring (bicyclic) bond motifs is 7. The molecule has 0 unspecified atom stereocenters. The second kappa shape index (κ2) is 11.5. The summed E-state index contributed by atoms with van der Waals surface area (Å²) in [5.41, 5.74) is -0.433. The van der Waals surface area contributed by atoms with Crippen molar-refractivity contribution in [2.45, 2.75) is 146 Å². The average Bonchev–Trinajstić information content (AvgIpc) is 3.25. The van der Waals surface area contributed by atoms with Crippen molar-refractivity contribution in [2.24, 2.45) is 50.7 Å². The lowest BCUT2D eigenvalue weighted by Crippen LogP contribution is -2.66. The Morgan fingerprint density at radius 2 is 1.53 bits per heavy atom. The zero-order valence-corrected chi connectivity index (χ0v) is 30.8. The fourth-order valence-corrected chi connectivity index (χ4v) is 12.1. The molecule has 8 heteroatoms. The van der Waals surface area contributed by atoms with Gasteiger partial charge in [-0.15, -0.1) is 0 Å². The molecule has 0 aliphatic heterocycles. The van der Waals surface area contributed by atoms with Crippen LogP contribution in [0.25, 0.3) is 0 Å². The molecule has 262 valence electrons. The third-order valence-corrected chi connectivity index (χ3v) is 14.1. The quantitative estimate of drug-likeness (QED) is 0.244. The van der Waals surface area contributed by atoms with Crippen LogP contribution in [0.5, 0.6) is 0 Å². The number of hydrogen-bond donors (Lipinski definition) is 1. The molecule has 0 aromatic heterocycles. The van der Waals surface area contributed by atoms with Gasteiger partial charge in [0.15, 0.2) is 5.78 Å². The van der Waals surface area contributed by atoms with Crippen molar-refractivity contribution in [3.63, 3.8) is 0 Å². The number of hydrogen-bond acceptors (Lipinski definition) is 7. The molecule has 1 amide bonds. The van der Waals surface area contributed by atoms with Gasteiger partial charge in [-0.25, -0.2) is 0 Å². The summed E-state index contributed by atoms with van der Waals surface area (Å²) in [5, 5.41) is 2.53. The second-order valence-electron chi connectivity index (χ2n) is 18.3. The first-order chi connectivity index (χ1) is 21.5. The number of rotatable bonds is 6. The van der Waals surface area contributed by atoms with Crippen LogP contribution in [0.3, 0.4) is 0 Å². The summed E-state index contributed by atoms with van der Waals surface area (Å²) in [6, 6.07) is 0. The number of ketones is 2. The molecule has 0 spiro atoms. The molecule has 0 aromatic carbocycles. The summed E-state index contributed by atoms with van der Waals surface area (Å²) in [6.45, 7) is 22.4. The fraction of sp³-hybridized carbons (Fsp3) is 0.821. The highest BCUT2D eigenvalue weighted by atomic mass is 16.6. The maximum absolute atomic E-state index is 14.3. The summed E-state index contributed by atoms with van der Waals surface area (Å²) in [5.74, 6) is -1.39. The van der Waals surface area contributed by atoms with Gasteiger partial charge in [0, 0.05) is 18.8 Å². The molecule has 5 aliphatic carbocycles. The Bertz CT molecular complexity index is 1400. The Hall–Kier alpha value is -2.51. The standard InChI is InChI=1S/C39H59NO7/c1-22(2)30-25(42)20-39(32(44)33(45)40-21-29(43)47-34(4,5)6)19-18-37(10)24(31(30)39)12-13-27-36(9)16-15-28(46-23(3)41)35(7,8)26(36)14-17-38(27,37)11/h22,24,26-28H,12-21H2,1-11H3,(H,40,45)/t24-,26+,27-,28+,36+,37-,38-,39-/m1/s1. The smallest absolute Gasteiger partial charge is 0.325 e. The summed E-state index contributed by atoms with van der Waals surface area (Å²) < 4.78 is 11.2. The SMILES string of the molecule is CC(=O)O[C@H]1CC[C@]2(C)[C@H]3CC[C@@H]4C5=C(C(C)C)C(=O)C[C@]5(C(=O)C(=O)NCC(=O)OC(C)(C)C)CC[C@@]4(C)[C@]3(C)CC[C@H]2C1(C)C. The summed E-state index contributed by atoms with van der Waals surface area (Å²) in [6.07, 6.45) is 7.00. The summed E-state index contributed by atoms with van der Waals surface area (Å²) >= 11 is 0. The number of esters is 2. The van der Waals surface area contributed by atoms with Crippen molar-refractivity contribution < 1.29 is 33.4 Å². The molecular weight excluding hydrogens is 594 g/mol. The van der Waals surface area contributed by atoms with Gasteiger partial charge in [0.2, 0.25) is 5.78 Å². The van der Waals surface area contributed by atoms with E-state index < -0.39 is 35.2 Å². The van der Waals surface area contributed by atoms with E-state index in [1.165, 1.54) is 6.92 Å². The highest BCUT2D eigenvalue weighted by Gasteiger charge is 2.71. The van der Waals surface area contributed by atoms with Gasteiger partial charge in [-0.3, -0.25) is 24.0 Å². The molecule has 1 N–H and O–H groups in total. The van der Waals surface area contributed by atoms with Gasteiger partial charge in [-0.2, -0.15) is 0 Å². The number of allylic oxidation sites excluding steroid dienone is 2. The Labute approximate surface area is 281 Å². The molecule has 0 saturated heterocycles. The van der Waals surface area contributed by atoms with Crippen LogP contribution in [-0.2, 0) is 33.4 Å². The Morgan fingerprint density at radius 1 is 0.872 bits per heavy atom. The molecule has 5 aliphatic rings. The molecule has 0 heterocycles. The largest absolute Gasteiger partial charge is 0.462 e. The van der Waals surface area contributed by atoms with Crippen LogP contribution in [0.4, 0.5) is 0 Å². The van der Waals surface area contributed by atoms with E-state index in [0.29, 0.717) is 18.3 Å². The Kier molecular flexibility index (Phi) is 8.79. The van der Waals surface area contributed by atoms with E-state index in [0.717, 1.165) is 56.1 Å². The van der Waals surface area contributed by atoms with Gasteiger partial charge < -0.3 is 14.8 Å². The minimum atomic E-state index is -1.16. The van der Waals surface area contributed by atoms with Gasteiger partial charge in [-0.05, 0) is 123 Å². The minimum absolute atomic E-state index is 0.0129. The molecule has 5 rings (SSSR count). The third kappa shape index (κ3) is 5.42. The van der Waals surface area contributed by atoms with Crippen molar-refractivity contribution in [2.75, 3.05) is 6.54 Å². The molecule has 8 atom stereocenters. The number of amides is 1. The Morgan fingerprint density at radius 3 is 2.13 bits per heavy atom. The first kappa shape index (κ1) is 35.8. The number of carbonyl (C=O) groups is 5. The average molecular weight is 654 g/mol. The van der Waals surface area contributed by atoms with Crippen LogP contribution in [-0.4, -0.2) is 47.7 Å². The van der Waals surface area contributed by atoms with Crippen LogP contribution in [0, 0.1) is 50.7 Å². The molecule has 0 radical (unpaired) electrons. The van der Waals surface area contributed by atoms with E-state index >= 15 is 0 Å². The highest BCUT2D eigenvalue weighted by Crippen LogP contribution is 2.76. The van der Waals surface area contributed by atoms with E-state index in [2.05, 4.69) is 39.9 Å². The van der Waals surface area contributed by atoms with E-state index in [4.69, 9.17) is 9.47 Å². The number of Topliss-reactive ketones (excluding diaryl/α,β-unsaturated/α-hetero) is 2. The van der Waals surface area contributed by atoms with Crippen molar-refractivity contribution in [3.8, 4) is 0 Å². The van der Waals surface area contributed by atoms with Crippen molar-refractivity contribution in [1.82, 2.24) is 5.32 Å². The van der Waals surface area contributed by atoms with Crippen LogP contribution >= 0.6 is 0 Å². The van der Waals surface area contributed by atoms with E-state index in [9.17, 15) is 24.0 Å². The van der Waals surface area contributed by atoms with Crippen molar-refractivity contribution >= 4 is 29.4 Å². The third-order valence-electron chi connectivity index (χ3n) is 14.1. The lowest BCUT2D eigenvalue weighted by molar-refractivity contribution is -0.232. The molecule has 4 fully saturated rings. The number of ether oxygens (including phenoxy) is 2. The first-order valence-corrected chi connectivity index (χ1v) is 18.0. The molecular formula is C39H59NO7. The van der Waals surface area contributed by atoms with Gasteiger partial charge >= 0.3 is 11.9 Å². The van der Waals surface area contributed by atoms with Gasteiger partial charge in [0.25, 0.3) is 5.91 Å². The van der Waals surface area contributed by atoms with Crippen LogP contribution < -0.4 is 5.32 Å². The summed E-state index contributed by atoms with van der Waals surface area (Å²) in [4.78, 5) is 66.0. The minimum Gasteiger partial charge on any atom is -0.462 e. The molecule has 47 heavy (non-hydrogen) atoms. The predicted octanol–water partition coefficient (Wildman–Crippen LogP) is 6.93. The van der Waals surface area contributed by atoms with Crippen LogP contribution in [0.15, 0.2) is 11.1 Å². The van der Waals surface area contributed by atoms with Crippen molar-refractivity contribution in [1.29, 1.82) is 0 Å². The van der Waals surface area contributed by atoms with Crippen LogP contribution in [0.1, 0.15) is 134 Å². The zero-order chi connectivity index (χ0) is 35.1. The second-order valence-corrected chi connectivity index (χ2v) is 18.3. The van der Waals surface area contributed by atoms with Crippen LogP contribution in [0.2, 0.25) is 0 Å². The zero-order valence-electron chi connectivity index (χ0n) is 30.8. The van der Waals surface area contributed by atoms with Gasteiger partial charge in [-0.1, -0.05) is 48.5 Å². The van der Waals surface area contributed by atoms with E-state index in [1.54, 1.807) is 20.8 Å². The lowest BCUT2D eigenvalue weighted by Gasteiger charge is -2.72. The maximum Gasteiger partial charge on any atom is 0.325 e. The molecule has 0 aromatic rings. The topological polar surface area (TPSA) is 116 Å².